The van der Waals surface area contributed by atoms with Crippen molar-refractivity contribution in [3.8, 4) is 6.07 Å². The van der Waals surface area contributed by atoms with Gasteiger partial charge in [-0.05, 0) is 24.5 Å². The van der Waals surface area contributed by atoms with Gasteiger partial charge in [-0.1, -0.05) is 37.6 Å². The lowest BCUT2D eigenvalue weighted by atomic mass is 9.91. The van der Waals surface area contributed by atoms with Gasteiger partial charge < -0.3 is 5.32 Å². The van der Waals surface area contributed by atoms with Crippen molar-refractivity contribution in [2.45, 2.75) is 32.2 Å². The van der Waals surface area contributed by atoms with Crippen molar-refractivity contribution >= 4 is 11.9 Å². The number of imide groups is 1. The molecule has 1 aliphatic heterocycles. The molecule has 1 aliphatic rings. The highest BCUT2D eigenvalue weighted by Crippen LogP contribution is 2.28. The molecule has 0 spiro atoms. The van der Waals surface area contributed by atoms with Gasteiger partial charge in [0.1, 0.15) is 12.1 Å². The van der Waals surface area contributed by atoms with Crippen LogP contribution in [0.5, 0.6) is 0 Å². The molecule has 1 fully saturated rings. The fourth-order valence-electron chi connectivity index (χ4n) is 2.40. The maximum atomic E-state index is 12.3. The minimum atomic E-state index is -1.08. The number of carbonyl (C=O) groups is 2. The zero-order chi connectivity index (χ0) is 14.8. The summed E-state index contributed by atoms with van der Waals surface area (Å²) in [6.07, 6.45) is 2.04. The number of benzene rings is 1. The normalized spacial score (nSPS) is 21.8. The number of carbonyl (C=O) groups excluding carboxylic acids is 2. The average molecular weight is 271 g/mol. The Morgan fingerprint density at radius 3 is 2.50 bits per heavy atom. The summed E-state index contributed by atoms with van der Waals surface area (Å²) < 4.78 is 0. The molecule has 1 aromatic rings. The minimum absolute atomic E-state index is 0.228. The van der Waals surface area contributed by atoms with Gasteiger partial charge in [0.05, 0.1) is 6.07 Å². The molecule has 3 amide bonds. The standard InChI is InChI=1S/C15H17N3O2/c1-3-4-11-5-7-12(8-6-11)15(2)13(19)18(10-9-16)14(20)17-15/h5-8H,3-4,10H2,1-2H3,(H,17,20)/t15-/m0/s1. The zero-order valence-corrected chi connectivity index (χ0v) is 11.6. The molecule has 0 unspecified atom stereocenters. The van der Waals surface area contributed by atoms with Crippen LogP contribution in [0.1, 0.15) is 31.4 Å². The molecular weight excluding hydrogens is 254 g/mol. The first-order chi connectivity index (χ1) is 9.52. The molecule has 5 nitrogen and oxygen atoms in total. The summed E-state index contributed by atoms with van der Waals surface area (Å²) in [5.74, 6) is -0.382. The molecule has 1 heterocycles. The number of aryl methyl sites for hydroxylation is 1. The smallest absolute Gasteiger partial charge is 0.319 e. The van der Waals surface area contributed by atoms with E-state index in [1.165, 1.54) is 5.56 Å². The van der Waals surface area contributed by atoms with Gasteiger partial charge in [-0.25, -0.2) is 9.69 Å². The van der Waals surface area contributed by atoms with Crippen LogP contribution in [0.4, 0.5) is 4.79 Å². The van der Waals surface area contributed by atoms with Crippen molar-refractivity contribution in [1.29, 1.82) is 5.26 Å². The highest BCUT2D eigenvalue weighted by Gasteiger charge is 2.48. The highest BCUT2D eigenvalue weighted by atomic mass is 16.2. The van der Waals surface area contributed by atoms with Crippen molar-refractivity contribution in [2.24, 2.45) is 0 Å². The lowest BCUT2D eigenvalue weighted by Gasteiger charge is -2.22. The Balaban J connectivity index is 2.29. The van der Waals surface area contributed by atoms with Gasteiger partial charge in [0.25, 0.3) is 5.91 Å². The molecule has 0 bridgehead atoms. The lowest BCUT2D eigenvalue weighted by molar-refractivity contribution is -0.130. The van der Waals surface area contributed by atoms with Crippen LogP contribution in [-0.2, 0) is 16.8 Å². The topological polar surface area (TPSA) is 73.2 Å². The number of hydrogen-bond donors (Lipinski definition) is 1. The quantitative estimate of drug-likeness (QED) is 0.671. The average Bonchev–Trinajstić information content (AvgIpc) is 2.65. The van der Waals surface area contributed by atoms with Gasteiger partial charge in [-0.3, -0.25) is 4.79 Å². The second-order valence-corrected chi connectivity index (χ2v) is 5.05. The molecule has 0 radical (unpaired) electrons. The Hall–Kier alpha value is -2.35. The largest absolute Gasteiger partial charge is 0.326 e. The number of hydrogen-bond acceptors (Lipinski definition) is 3. The number of nitriles is 1. The first kappa shape index (κ1) is 14.1. The van der Waals surface area contributed by atoms with Gasteiger partial charge in [0, 0.05) is 0 Å². The van der Waals surface area contributed by atoms with Crippen LogP contribution in [0.25, 0.3) is 0 Å². The Bertz CT molecular complexity index is 574. The number of rotatable bonds is 4. The van der Waals surface area contributed by atoms with Crippen LogP contribution in [0.2, 0.25) is 0 Å². The highest BCUT2D eigenvalue weighted by molar-refractivity contribution is 6.07. The summed E-state index contributed by atoms with van der Waals surface area (Å²) in [4.78, 5) is 25.1. The zero-order valence-electron chi connectivity index (χ0n) is 11.6. The van der Waals surface area contributed by atoms with E-state index >= 15 is 0 Å². The summed E-state index contributed by atoms with van der Waals surface area (Å²) in [7, 11) is 0. The molecule has 104 valence electrons. The summed E-state index contributed by atoms with van der Waals surface area (Å²) in [6, 6.07) is 8.97. The van der Waals surface area contributed by atoms with Crippen molar-refractivity contribution in [2.75, 3.05) is 6.54 Å². The van der Waals surface area contributed by atoms with E-state index in [1.54, 1.807) is 6.92 Å². The Kier molecular flexibility index (Phi) is 3.75. The Morgan fingerprint density at radius 2 is 1.95 bits per heavy atom. The van der Waals surface area contributed by atoms with Crippen molar-refractivity contribution in [3.05, 3.63) is 35.4 Å². The number of urea groups is 1. The number of nitrogens with one attached hydrogen (secondary N) is 1. The van der Waals surface area contributed by atoms with Crippen molar-refractivity contribution in [3.63, 3.8) is 0 Å². The van der Waals surface area contributed by atoms with Gasteiger partial charge >= 0.3 is 6.03 Å². The van der Waals surface area contributed by atoms with Crippen LogP contribution < -0.4 is 5.32 Å². The molecule has 0 saturated carbocycles. The molecular formula is C15H17N3O2. The van der Waals surface area contributed by atoms with E-state index < -0.39 is 11.6 Å². The molecule has 1 atom stereocenters. The SMILES string of the molecule is CCCc1ccc([C@]2(C)NC(=O)N(CC#N)C2=O)cc1. The maximum absolute atomic E-state index is 12.3. The predicted molar refractivity (Wildman–Crippen MR) is 73.6 cm³/mol. The van der Waals surface area contributed by atoms with Crippen LogP contribution in [0.15, 0.2) is 24.3 Å². The first-order valence-corrected chi connectivity index (χ1v) is 6.63. The number of amides is 3. The Morgan fingerprint density at radius 1 is 1.30 bits per heavy atom. The number of nitrogens with zero attached hydrogens (tertiary/aromatic N) is 2. The fraction of sp³-hybridized carbons (Fsp3) is 0.400. The lowest BCUT2D eigenvalue weighted by Crippen LogP contribution is -2.40. The fourth-order valence-corrected chi connectivity index (χ4v) is 2.40. The molecule has 1 saturated heterocycles. The second-order valence-electron chi connectivity index (χ2n) is 5.05. The summed E-state index contributed by atoms with van der Waals surface area (Å²) in [5, 5.41) is 11.3. The van der Waals surface area contributed by atoms with Crippen LogP contribution in [0, 0.1) is 11.3 Å². The maximum Gasteiger partial charge on any atom is 0.326 e. The second kappa shape index (κ2) is 5.33. The minimum Gasteiger partial charge on any atom is -0.319 e. The van der Waals surface area contributed by atoms with Gasteiger partial charge in [0.15, 0.2) is 0 Å². The van der Waals surface area contributed by atoms with Crippen molar-refractivity contribution in [1.82, 2.24) is 10.2 Å². The molecule has 5 heteroatoms. The van der Waals surface area contributed by atoms with Crippen LogP contribution in [-0.4, -0.2) is 23.4 Å². The van der Waals surface area contributed by atoms with Crippen molar-refractivity contribution < 1.29 is 9.59 Å². The van der Waals surface area contributed by atoms with Crippen LogP contribution in [0.3, 0.4) is 0 Å². The van der Waals surface area contributed by atoms with Gasteiger partial charge in [-0.15, -0.1) is 0 Å². The summed E-state index contributed by atoms with van der Waals surface area (Å²) in [5.41, 5.74) is 0.847. The molecule has 1 aromatic carbocycles. The molecule has 0 aliphatic carbocycles. The third-order valence-corrected chi connectivity index (χ3v) is 3.57. The third kappa shape index (κ3) is 2.25. The van der Waals surface area contributed by atoms with E-state index in [0.29, 0.717) is 0 Å². The van der Waals surface area contributed by atoms with E-state index in [4.69, 9.17) is 5.26 Å². The van der Waals surface area contributed by atoms with Gasteiger partial charge in [0.2, 0.25) is 0 Å². The molecule has 2 rings (SSSR count). The van der Waals surface area contributed by atoms with E-state index in [9.17, 15) is 9.59 Å². The van der Waals surface area contributed by atoms with E-state index in [1.807, 2.05) is 30.3 Å². The first-order valence-electron chi connectivity index (χ1n) is 6.63. The molecule has 1 N–H and O–H groups in total. The Labute approximate surface area is 118 Å². The predicted octanol–water partition coefficient (Wildman–Crippen LogP) is 1.93. The molecule has 0 aromatic heterocycles. The van der Waals surface area contributed by atoms with E-state index in [0.717, 1.165) is 23.3 Å². The van der Waals surface area contributed by atoms with E-state index in [2.05, 4.69) is 12.2 Å². The van der Waals surface area contributed by atoms with Gasteiger partial charge in [-0.2, -0.15) is 5.26 Å². The van der Waals surface area contributed by atoms with E-state index in [-0.39, 0.29) is 12.5 Å². The third-order valence-electron chi connectivity index (χ3n) is 3.57. The monoisotopic (exact) mass is 271 g/mol. The summed E-state index contributed by atoms with van der Waals surface area (Å²) in [6.45, 7) is 3.54. The van der Waals surface area contributed by atoms with Crippen LogP contribution >= 0.6 is 0 Å². The molecule has 20 heavy (non-hydrogen) atoms. The summed E-state index contributed by atoms with van der Waals surface area (Å²) >= 11 is 0.